The first-order chi connectivity index (χ1) is 11.7. The van der Waals surface area contributed by atoms with Gasteiger partial charge in [-0.25, -0.2) is 0 Å². The Kier molecular flexibility index (Phi) is 4.93. The Balaban J connectivity index is 1.45. The zero-order valence-electron chi connectivity index (χ0n) is 13.9. The fourth-order valence-corrected chi connectivity index (χ4v) is 5.17. The van der Waals surface area contributed by atoms with Gasteiger partial charge in [0.2, 0.25) is 0 Å². The van der Waals surface area contributed by atoms with Crippen molar-refractivity contribution in [1.82, 2.24) is 4.90 Å². The SMILES string of the molecule is OC1Cc2cccc([125I])c2CC1N1CCC(c2ccccc2)CC1. The molecule has 0 aromatic heterocycles. The van der Waals surface area contributed by atoms with Crippen LogP contribution in [0.25, 0.3) is 0 Å². The summed E-state index contributed by atoms with van der Waals surface area (Å²) in [5.41, 5.74) is 4.27. The Bertz CT molecular complexity index is 694. The molecule has 0 radical (unpaired) electrons. The predicted molar refractivity (Wildman–Crippen MR) is 106 cm³/mol. The first-order valence-corrected chi connectivity index (χ1v) is 10.0. The summed E-state index contributed by atoms with van der Waals surface area (Å²) in [4.78, 5) is 2.54. The van der Waals surface area contributed by atoms with Crippen molar-refractivity contribution in [1.29, 1.82) is 0 Å². The summed E-state index contributed by atoms with van der Waals surface area (Å²) in [5, 5.41) is 10.7. The van der Waals surface area contributed by atoms with Crippen molar-refractivity contribution in [2.45, 2.75) is 43.7 Å². The Morgan fingerprint density at radius 1 is 0.917 bits per heavy atom. The first kappa shape index (κ1) is 16.6. The fourth-order valence-electron chi connectivity index (χ4n) is 4.39. The lowest BCUT2D eigenvalue weighted by atomic mass is 9.83. The minimum atomic E-state index is -0.232. The zero-order valence-corrected chi connectivity index (χ0v) is 16.0. The van der Waals surface area contributed by atoms with E-state index in [4.69, 9.17) is 0 Å². The van der Waals surface area contributed by atoms with Crippen molar-refractivity contribution >= 4 is 22.6 Å². The summed E-state index contributed by atoms with van der Waals surface area (Å²) in [7, 11) is 0. The minimum absolute atomic E-state index is 0.232. The number of hydrogen-bond acceptors (Lipinski definition) is 2. The molecule has 0 saturated carbocycles. The number of rotatable bonds is 2. The zero-order chi connectivity index (χ0) is 16.5. The van der Waals surface area contributed by atoms with Crippen LogP contribution in [0.4, 0.5) is 0 Å². The van der Waals surface area contributed by atoms with Crippen LogP contribution in [-0.2, 0) is 12.8 Å². The second-order valence-corrected chi connectivity index (χ2v) is 8.30. The molecule has 2 nitrogen and oxygen atoms in total. The van der Waals surface area contributed by atoms with E-state index in [1.165, 1.54) is 33.1 Å². The molecule has 1 fully saturated rings. The van der Waals surface area contributed by atoms with Crippen LogP contribution in [0.1, 0.15) is 35.4 Å². The summed E-state index contributed by atoms with van der Waals surface area (Å²) < 4.78 is 1.35. The van der Waals surface area contributed by atoms with E-state index in [1.807, 2.05) is 0 Å². The minimum Gasteiger partial charge on any atom is -0.391 e. The van der Waals surface area contributed by atoms with Gasteiger partial charge < -0.3 is 5.11 Å². The largest absolute Gasteiger partial charge is 0.391 e. The first-order valence-electron chi connectivity index (χ1n) is 8.95. The van der Waals surface area contributed by atoms with Gasteiger partial charge in [0.1, 0.15) is 0 Å². The molecule has 4 rings (SSSR count). The molecule has 1 heterocycles. The highest BCUT2D eigenvalue weighted by molar-refractivity contribution is 14.1. The Morgan fingerprint density at radius 3 is 2.42 bits per heavy atom. The molecule has 1 saturated heterocycles. The molecule has 2 unspecified atom stereocenters. The smallest absolute Gasteiger partial charge is 0.0738 e. The van der Waals surface area contributed by atoms with Crippen LogP contribution in [0.3, 0.4) is 0 Å². The fraction of sp³-hybridized carbons (Fsp3) is 0.429. The number of aliphatic hydroxyl groups excluding tert-OH is 1. The number of nitrogens with zero attached hydrogens (tertiary/aromatic N) is 1. The third-order valence-corrected chi connectivity index (χ3v) is 6.78. The van der Waals surface area contributed by atoms with Crippen LogP contribution in [0, 0.1) is 3.57 Å². The van der Waals surface area contributed by atoms with Crippen LogP contribution in [-0.4, -0.2) is 35.2 Å². The van der Waals surface area contributed by atoms with Gasteiger partial charge in [0.25, 0.3) is 0 Å². The molecule has 126 valence electrons. The van der Waals surface area contributed by atoms with E-state index in [0.717, 1.165) is 25.9 Å². The Labute approximate surface area is 158 Å². The molecule has 2 aromatic carbocycles. The van der Waals surface area contributed by atoms with Crippen molar-refractivity contribution in [2.75, 3.05) is 13.1 Å². The monoisotopic (exact) mass is 431 g/mol. The molecule has 1 aliphatic carbocycles. The highest BCUT2D eigenvalue weighted by Gasteiger charge is 2.34. The Morgan fingerprint density at radius 2 is 1.67 bits per heavy atom. The highest BCUT2D eigenvalue weighted by atomic mass is 125. The summed E-state index contributed by atoms with van der Waals surface area (Å²) in [6.45, 7) is 2.19. The summed E-state index contributed by atoms with van der Waals surface area (Å²) in [6, 6.07) is 17.7. The molecule has 2 atom stereocenters. The van der Waals surface area contributed by atoms with Gasteiger partial charge in [0.05, 0.1) is 6.10 Å². The normalized spacial score (nSPS) is 25.4. The van der Waals surface area contributed by atoms with Crippen LogP contribution in [0.2, 0.25) is 0 Å². The lowest BCUT2D eigenvalue weighted by molar-refractivity contribution is 0.0293. The van der Waals surface area contributed by atoms with E-state index < -0.39 is 0 Å². The van der Waals surface area contributed by atoms with E-state index in [2.05, 4.69) is 76.0 Å². The maximum absolute atomic E-state index is 10.7. The van der Waals surface area contributed by atoms with Gasteiger partial charge in [0, 0.05) is 16.0 Å². The van der Waals surface area contributed by atoms with Gasteiger partial charge in [-0.2, -0.15) is 0 Å². The van der Waals surface area contributed by atoms with Gasteiger partial charge in [-0.3, -0.25) is 4.90 Å². The van der Waals surface area contributed by atoms with Gasteiger partial charge in [0.15, 0.2) is 0 Å². The quantitative estimate of drug-likeness (QED) is 0.727. The molecule has 0 bridgehead atoms. The number of piperidine rings is 1. The lowest BCUT2D eigenvalue weighted by Crippen LogP contribution is -2.51. The van der Waals surface area contributed by atoms with Crippen molar-refractivity contribution in [2.24, 2.45) is 0 Å². The summed E-state index contributed by atoms with van der Waals surface area (Å²) in [6.07, 6.45) is 3.96. The summed E-state index contributed by atoms with van der Waals surface area (Å²) in [5.74, 6) is 0.676. The van der Waals surface area contributed by atoms with Crippen molar-refractivity contribution in [3.8, 4) is 0 Å². The molecule has 2 aliphatic rings. The number of hydrogen-bond donors (Lipinski definition) is 1. The molecule has 0 spiro atoms. The van der Waals surface area contributed by atoms with Crippen LogP contribution >= 0.6 is 22.6 Å². The number of halogens is 1. The molecular formula is C21H24INO. The van der Waals surface area contributed by atoms with E-state index in [-0.39, 0.29) is 12.1 Å². The van der Waals surface area contributed by atoms with E-state index in [9.17, 15) is 5.11 Å². The van der Waals surface area contributed by atoms with E-state index >= 15 is 0 Å². The highest BCUT2D eigenvalue weighted by Crippen LogP contribution is 2.33. The predicted octanol–water partition coefficient (Wildman–Crippen LogP) is 4.00. The van der Waals surface area contributed by atoms with Gasteiger partial charge in [-0.15, -0.1) is 0 Å². The lowest BCUT2D eigenvalue weighted by Gasteiger charge is -2.42. The second-order valence-electron chi connectivity index (χ2n) is 7.14. The summed E-state index contributed by atoms with van der Waals surface area (Å²) >= 11 is 2.44. The average Bonchev–Trinajstić information content (AvgIpc) is 2.62. The number of fused-ring (bicyclic) bond motifs is 1. The number of aliphatic hydroxyl groups is 1. The third kappa shape index (κ3) is 3.26. The Hall–Kier alpha value is -0.910. The van der Waals surface area contributed by atoms with E-state index in [1.54, 1.807) is 0 Å². The second kappa shape index (κ2) is 7.14. The molecule has 3 heteroatoms. The molecule has 24 heavy (non-hydrogen) atoms. The van der Waals surface area contributed by atoms with Crippen molar-refractivity contribution < 1.29 is 5.11 Å². The van der Waals surface area contributed by atoms with Gasteiger partial charge in [-0.05, 0) is 83.6 Å². The maximum atomic E-state index is 10.7. The van der Waals surface area contributed by atoms with Gasteiger partial charge in [-0.1, -0.05) is 42.5 Å². The van der Waals surface area contributed by atoms with Crippen molar-refractivity contribution in [3.63, 3.8) is 0 Å². The van der Waals surface area contributed by atoms with Crippen LogP contribution < -0.4 is 0 Å². The molecular weight excluding hydrogens is 407 g/mol. The molecule has 0 amide bonds. The van der Waals surface area contributed by atoms with E-state index in [0.29, 0.717) is 5.92 Å². The maximum Gasteiger partial charge on any atom is 0.0738 e. The van der Waals surface area contributed by atoms with Crippen LogP contribution in [0.5, 0.6) is 0 Å². The van der Waals surface area contributed by atoms with Crippen LogP contribution in [0.15, 0.2) is 48.5 Å². The average molecular weight is 431 g/mol. The number of benzene rings is 2. The topological polar surface area (TPSA) is 23.5 Å². The number of likely N-dealkylation sites (tertiary alicyclic amines) is 1. The van der Waals surface area contributed by atoms with Crippen molar-refractivity contribution in [3.05, 3.63) is 68.8 Å². The molecule has 2 aromatic rings. The molecule has 1 N–H and O–H groups in total. The standard InChI is InChI=1S/C21H24INO/c22-19-8-4-7-17-13-21(24)20(14-18(17)19)23-11-9-16(10-12-23)15-5-2-1-3-6-15/h1-8,16,20-21,24H,9-14H2/i22-2. The third-order valence-electron chi connectivity index (χ3n) is 5.77. The van der Waals surface area contributed by atoms with Gasteiger partial charge >= 0.3 is 0 Å². The molecule has 1 aliphatic heterocycles.